The Bertz CT molecular complexity index is 1470. The number of aromatic nitrogens is 2. The molecule has 0 fully saturated rings. The Morgan fingerprint density at radius 1 is 0.951 bits per heavy atom. The summed E-state index contributed by atoms with van der Waals surface area (Å²) in [6.45, 7) is 5.09. The van der Waals surface area contributed by atoms with E-state index in [0.717, 1.165) is 25.0 Å². The van der Waals surface area contributed by atoms with Crippen molar-refractivity contribution in [1.82, 2.24) is 14.9 Å². The summed E-state index contributed by atoms with van der Waals surface area (Å²) in [5.74, 6) is 1.08. The van der Waals surface area contributed by atoms with Crippen LogP contribution in [0, 0.1) is 0 Å². The summed E-state index contributed by atoms with van der Waals surface area (Å²) in [7, 11) is 5.51. The van der Waals surface area contributed by atoms with Gasteiger partial charge in [-0.2, -0.15) is 9.90 Å². The Labute approximate surface area is 245 Å². The molecule has 0 aliphatic carbocycles. The predicted molar refractivity (Wildman–Crippen MR) is 173 cm³/mol. The third kappa shape index (κ3) is 9.04. The van der Waals surface area contributed by atoms with E-state index >= 15 is 0 Å². The van der Waals surface area contributed by atoms with Crippen LogP contribution in [0.1, 0.15) is 0 Å². The van der Waals surface area contributed by atoms with Crippen LogP contribution < -0.4 is 29.9 Å². The second-order valence-corrected chi connectivity index (χ2v) is 11.3. The average molecular weight is 603 g/mol. The number of carbonyl (C=O) groups excluding carboxylic acids is 1. The summed E-state index contributed by atoms with van der Waals surface area (Å²) < 4.78 is 31.1. The number of para-hydroxylation sites is 2. The van der Waals surface area contributed by atoms with E-state index in [1.807, 2.05) is 32.1 Å². The number of rotatable bonds is 13. The Balaban J connectivity index is 0.00000588. The fourth-order valence-electron chi connectivity index (χ4n) is 3.71. The van der Waals surface area contributed by atoms with E-state index in [2.05, 4.69) is 37.4 Å². The maximum atomic E-state index is 12.2. The molecule has 1 amide bonds. The second kappa shape index (κ2) is 14.6. The predicted octanol–water partition coefficient (Wildman–Crippen LogP) is 3.55. The first kappa shape index (κ1) is 33.3. The molecule has 0 spiro atoms. The van der Waals surface area contributed by atoms with Crippen molar-refractivity contribution < 1.29 is 17.9 Å². The number of benzene rings is 2. The van der Waals surface area contributed by atoms with E-state index in [-0.39, 0.29) is 15.8 Å². The highest BCUT2D eigenvalue weighted by Crippen LogP contribution is 2.38. The molecule has 0 bridgehead atoms. The van der Waals surface area contributed by atoms with Crippen LogP contribution in [0.3, 0.4) is 0 Å². The number of sulfonamides is 1. The average Bonchev–Trinajstić information content (AvgIpc) is 2.91. The van der Waals surface area contributed by atoms with Crippen molar-refractivity contribution in [3.8, 4) is 5.75 Å². The van der Waals surface area contributed by atoms with Crippen LogP contribution in [-0.4, -0.2) is 83.8 Å². The molecule has 0 radical (unpaired) electrons. The highest BCUT2D eigenvalue weighted by Gasteiger charge is 2.18. The van der Waals surface area contributed by atoms with E-state index in [1.165, 1.54) is 23.8 Å². The highest BCUT2D eigenvalue weighted by atomic mass is 32.2. The van der Waals surface area contributed by atoms with Gasteiger partial charge in [0.05, 0.1) is 41.8 Å². The number of nitrogens with one attached hydrogen (secondary N) is 3. The second-order valence-electron chi connectivity index (χ2n) is 9.27. The lowest BCUT2D eigenvalue weighted by molar-refractivity contribution is -0.111. The van der Waals surface area contributed by atoms with Gasteiger partial charge in [0, 0.05) is 39.3 Å². The smallest absolute Gasteiger partial charge is 0.247 e. The molecule has 3 rings (SSSR count). The number of anilines is 7. The van der Waals surface area contributed by atoms with Crippen LogP contribution in [-0.2, 0) is 14.8 Å². The molecule has 0 aliphatic heterocycles. The zero-order chi connectivity index (χ0) is 29.4. The minimum atomic E-state index is -3.47. The van der Waals surface area contributed by atoms with Gasteiger partial charge in [-0.3, -0.25) is 9.10 Å². The maximum absolute atomic E-state index is 12.2. The molecule has 12 nitrogen and oxygen atoms in total. The zero-order valence-corrected chi connectivity index (χ0v) is 26.5. The molecule has 0 aliphatic rings. The lowest BCUT2D eigenvalue weighted by Crippen LogP contribution is -2.29. The van der Waals surface area contributed by atoms with Gasteiger partial charge in [0.25, 0.3) is 0 Å². The van der Waals surface area contributed by atoms with E-state index < -0.39 is 10.0 Å². The van der Waals surface area contributed by atoms with Crippen molar-refractivity contribution in [3.63, 3.8) is 0 Å². The molecular formula is C27H39N8O4PS. The molecule has 1 heterocycles. The van der Waals surface area contributed by atoms with E-state index in [9.17, 15) is 13.2 Å². The van der Waals surface area contributed by atoms with Gasteiger partial charge >= 0.3 is 0 Å². The van der Waals surface area contributed by atoms with Gasteiger partial charge in [0.15, 0.2) is 0 Å². The lowest BCUT2D eigenvalue weighted by atomic mass is 10.2. The molecule has 1 atom stereocenters. The molecule has 3 N–H and O–H groups in total. The molecule has 41 heavy (non-hydrogen) atoms. The summed E-state index contributed by atoms with van der Waals surface area (Å²) >= 11 is 0. The number of amides is 1. The number of likely N-dealkylation sites (N-methyl/N-ethyl adjacent to an activating group) is 2. The van der Waals surface area contributed by atoms with Crippen molar-refractivity contribution in [1.29, 1.82) is 0 Å². The van der Waals surface area contributed by atoms with Crippen molar-refractivity contribution in [3.05, 3.63) is 61.4 Å². The highest BCUT2D eigenvalue weighted by molar-refractivity contribution is 7.92. The van der Waals surface area contributed by atoms with Gasteiger partial charge in [-0.25, -0.2) is 18.4 Å². The van der Waals surface area contributed by atoms with Gasteiger partial charge in [0.2, 0.25) is 15.9 Å². The van der Waals surface area contributed by atoms with Crippen molar-refractivity contribution >= 4 is 65.9 Å². The van der Waals surface area contributed by atoms with Crippen LogP contribution in [0.15, 0.2) is 61.4 Å². The van der Waals surface area contributed by atoms with Gasteiger partial charge in [-0.05, 0) is 38.4 Å². The van der Waals surface area contributed by atoms with Gasteiger partial charge < -0.3 is 30.5 Å². The largest absolute Gasteiger partial charge is 0.494 e. The van der Waals surface area contributed by atoms with Crippen molar-refractivity contribution in [2.75, 3.05) is 79.8 Å². The SMILES string of the molecule is C=CC(=O)Nc1cc(Nc2cc(Nc3ccccc3N(C)S(C)(=O)=O)ncn2)c(OC)cc1N(C)CCN(C)C.P. The van der Waals surface area contributed by atoms with Crippen molar-refractivity contribution in [2.45, 2.75) is 0 Å². The van der Waals surface area contributed by atoms with E-state index in [4.69, 9.17) is 4.74 Å². The Morgan fingerprint density at radius 2 is 1.59 bits per heavy atom. The maximum Gasteiger partial charge on any atom is 0.247 e. The van der Waals surface area contributed by atoms with Gasteiger partial charge in [-0.15, -0.1) is 0 Å². The van der Waals surface area contributed by atoms with Crippen LogP contribution in [0.5, 0.6) is 5.75 Å². The molecule has 0 saturated carbocycles. The third-order valence-corrected chi connectivity index (χ3v) is 7.18. The van der Waals surface area contributed by atoms with Crippen LogP contribution in [0.25, 0.3) is 0 Å². The number of nitrogens with zero attached hydrogens (tertiary/aromatic N) is 5. The van der Waals surface area contributed by atoms with Crippen LogP contribution in [0.4, 0.5) is 40.1 Å². The number of methoxy groups -OCH3 is 1. The topological polar surface area (TPSA) is 132 Å². The first-order valence-electron chi connectivity index (χ1n) is 12.3. The Kier molecular flexibility index (Phi) is 11.9. The molecule has 1 unspecified atom stereocenters. The first-order chi connectivity index (χ1) is 18.9. The number of hydrogen-bond donors (Lipinski definition) is 3. The third-order valence-electron chi connectivity index (χ3n) is 5.99. The molecule has 1 aromatic heterocycles. The molecular weight excluding hydrogens is 563 g/mol. The molecule has 222 valence electrons. The quantitative estimate of drug-likeness (QED) is 0.197. The summed E-state index contributed by atoms with van der Waals surface area (Å²) in [5.41, 5.74) is 2.93. The molecule has 3 aromatic rings. The standard InChI is InChI=1S/C27H36N8O4S.H3P/c1-8-27(36)32-20-15-21(24(39-6)16-23(20)34(4)14-13-33(2)3)31-26-17-25(28-18-29-26)30-19-11-9-10-12-22(19)35(5)40(7,37)38;/h8-12,15-18H,1,13-14H2,2-7H3,(H,32,36)(H2,28,29,30,31);1H3. The fourth-order valence-corrected chi connectivity index (χ4v) is 4.22. The number of hydrogen-bond acceptors (Lipinski definition) is 10. The summed E-state index contributed by atoms with van der Waals surface area (Å²) in [4.78, 5) is 24.9. The summed E-state index contributed by atoms with van der Waals surface area (Å²) in [5, 5.41) is 9.27. The monoisotopic (exact) mass is 602 g/mol. The van der Waals surface area contributed by atoms with E-state index in [1.54, 1.807) is 43.5 Å². The van der Waals surface area contributed by atoms with Crippen LogP contribution >= 0.6 is 9.90 Å². The molecule has 2 aromatic carbocycles. The summed E-state index contributed by atoms with van der Waals surface area (Å²) in [6.07, 6.45) is 3.73. The van der Waals surface area contributed by atoms with Crippen LogP contribution in [0.2, 0.25) is 0 Å². The van der Waals surface area contributed by atoms with Gasteiger partial charge in [0.1, 0.15) is 23.7 Å². The summed E-state index contributed by atoms with van der Waals surface area (Å²) in [6, 6.07) is 12.3. The van der Waals surface area contributed by atoms with Gasteiger partial charge in [-0.1, -0.05) is 18.7 Å². The minimum absolute atomic E-state index is 0. The normalized spacial score (nSPS) is 10.8. The Morgan fingerprint density at radius 3 is 2.17 bits per heavy atom. The molecule has 0 saturated heterocycles. The van der Waals surface area contributed by atoms with Crippen molar-refractivity contribution in [2.24, 2.45) is 0 Å². The first-order valence-corrected chi connectivity index (χ1v) is 14.2. The van der Waals surface area contributed by atoms with E-state index in [0.29, 0.717) is 40.1 Å². The Hall–Kier alpha value is -3.93. The number of carbonyl (C=O) groups is 1. The minimum Gasteiger partial charge on any atom is -0.494 e. The number of ether oxygens (including phenoxy) is 1. The fraction of sp³-hybridized carbons (Fsp3) is 0.296. The molecule has 14 heteroatoms. The lowest BCUT2D eigenvalue weighted by Gasteiger charge is -2.26. The zero-order valence-electron chi connectivity index (χ0n) is 24.3.